The number of piperidine rings is 1. The van der Waals surface area contributed by atoms with Crippen molar-refractivity contribution in [2.75, 3.05) is 20.1 Å². The third-order valence-corrected chi connectivity index (χ3v) is 7.55. The Hall–Kier alpha value is -0.620. The molecule has 3 rings (SSSR count). The summed E-state index contributed by atoms with van der Waals surface area (Å²) in [4.78, 5) is 2.36. The van der Waals surface area contributed by atoms with Gasteiger partial charge in [-0.1, -0.05) is 29.8 Å². The number of hydrogen-bond acceptors (Lipinski definition) is 3. The van der Waals surface area contributed by atoms with Gasteiger partial charge in [-0.25, -0.2) is 12.7 Å². The van der Waals surface area contributed by atoms with E-state index in [0.717, 1.165) is 55.9 Å². The second kappa shape index (κ2) is 6.48. The van der Waals surface area contributed by atoms with Crippen molar-refractivity contribution in [2.24, 2.45) is 0 Å². The van der Waals surface area contributed by atoms with Crippen LogP contribution in [0.25, 0.3) is 0 Å². The normalized spacial score (nSPS) is 21.4. The summed E-state index contributed by atoms with van der Waals surface area (Å²) in [6.45, 7) is 2.67. The topological polar surface area (TPSA) is 40.6 Å². The maximum Gasteiger partial charge on any atom is 0.216 e. The molecule has 2 fully saturated rings. The number of likely N-dealkylation sites (tertiary alicyclic amines) is 1. The summed E-state index contributed by atoms with van der Waals surface area (Å²) in [5.74, 6) is 0. The highest BCUT2D eigenvalue weighted by Crippen LogP contribution is 2.33. The lowest BCUT2D eigenvalue weighted by atomic mass is 10.0. The predicted molar refractivity (Wildman–Crippen MR) is 89.5 cm³/mol. The molecular formula is C16H23ClN2O2S. The van der Waals surface area contributed by atoms with Gasteiger partial charge in [0.2, 0.25) is 10.0 Å². The Kier molecular flexibility index (Phi) is 4.78. The third-order valence-electron chi connectivity index (χ3n) is 4.77. The summed E-state index contributed by atoms with van der Waals surface area (Å²) in [6, 6.07) is 8.06. The van der Waals surface area contributed by atoms with Crippen molar-refractivity contribution in [1.29, 1.82) is 0 Å². The van der Waals surface area contributed by atoms with Crippen LogP contribution < -0.4 is 0 Å². The van der Waals surface area contributed by atoms with E-state index in [0.29, 0.717) is 0 Å². The summed E-state index contributed by atoms with van der Waals surface area (Å²) in [5, 5.41) is 0.691. The van der Waals surface area contributed by atoms with Crippen LogP contribution in [0.4, 0.5) is 0 Å². The number of sulfonamides is 1. The molecule has 4 nitrogen and oxygen atoms in total. The fraction of sp³-hybridized carbons (Fsp3) is 0.625. The molecular weight excluding hydrogens is 320 g/mol. The zero-order valence-corrected chi connectivity index (χ0v) is 14.5. The van der Waals surface area contributed by atoms with Gasteiger partial charge in [-0.2, -0.15) is 0 Å². The van der Waals surface area contributed by atoms with E-state index in [4.69, 9.17) is 11.6 Å². The summed E-state index contributed by atoms with van der Waals surface area (Å²) < 4.78 is 26.2. The van der Waals surface area contributed by atoms with Crippen molar-refractivity contribution in [3.63, 3.8) is 0 Å². The summed E-state index contributed by atoms with van der Waals surface area (Å²) in [6.07, 6.45) is 3.45. The molecule has 1 saturated carbocycles. The van der Waals surface area contributed by atoms with Crippen LogP contribution in [0.1, 0.15) is 31.2 Å². The van der Waals surface area contributed by atoms with Gasteiger partial charge in [-0.15, -0.1) is 0 Å². The Bertz CT molecular complexity index is 623. The zero-order chi connectivity index (χ0) is 15.7. The molecule has 2 aliphatic rings. The molecule has 1 aliphatic carbocycles. The Balaban J connectivity index is 1.55. The highest BCUT2D eigenvalue weighted by molar-refractivity contribution is 7.90. The molecule has 6 heteroatoms. The van der Waals surface area contributed by atoms with Crippen LogP contribution in [0.15, 0.2) is 24.3 Å². The molecule has 1 saturated heterocycles. The molecule has 22 heavy (non-hydrogen) atoms. The van der Waals surface area contributed by atoms with E-state index in [9.17, 15) is 8.42 Å². The third kappa shape index (κ3) is 3.48. The van der Waals surface area contributed by atoms with Crippen LogP contribution in [0.2, 0.25) is 5.02 Å². The maximum atomic E-state index is 12.3. The molecule has 0 unspecified atom stereocenters. The van der Waals surface area contributed by atoms with Gasteiger partial charge in [0.05, 0.1) is 5.25 Å². The van der Waals surface area contributed by atoms with Crippen molar-refractivity contribution in [2.45, 2.75) is 43.5 Å². The molecule has 0 N–H and O–H groups in total. The van der Waals surface area contributed by atoms with Gasteiger partial charge in [-0.05, 0) is 37.3 Å². The van der Waals surface area contributed by atoms with Crippen molar-refractivity contribution in [3.8, 4) is 0 Å². The van der Waals surface area contributed by atoms with E-state index in [2.05, 4.69) is 11.0 Å². The molecule has 0 bridgehead atoms. The Morgan fingerprint density at radius 1 is 1.18 bits per heavy atom. The largest absolute Gasteiger partial charge is 0.299 e. The van der Waals surface area contributed by atoms with Crippen molar-refractivity contribution in [1.82, 2.24) is 9.21 Å². The van der Waals surface area contributed by atoms with Crippen molar-refractivity contribution < 1.29 is 8.42 Å². The zero-order valence-electron chi connectivity index (χ0n) is 12.9. The van der Waals surface area contributed by atoms with E-state index < -0.39 is 10.0 Å². The van der Waals surface area contributed by atoms with Gasteiger partial charge >= 0.3 is 0 Å². The van der Waals surface area contributed by atoms with E-state index in [1.165, 1.54) is 0 Å². The predicted octanol–water partition coefficient (Wildman–Crippen LogP) is 2.73. The number of benzene rings is 1. The van der Waals surface area contributed by atoms with Crippen molar-refractivity contribution >= 4 is 21.6 Å². The summed E-state index contributed by atoms with van der Waals surface area (Å²) in [5.41, 5.74) is 1.14. The maximum absolute atomic E-state index is 12.3. The smallest absolute Gasteiger partial charge is 0.216 e. The Morgan fingerprint density at radius 2 is 1.82 bits per heavy atom. The molecule has 1 heterocycles. The van der Waals surface area contributed by atoms with E-state index in [1.54, 1.807) is 11.4 Å². The van der Waals surface area contributed by atoms with Crippen LogP contribution in [-0.4, -0.2) is 49.1 Å². The molecule has 1 aromatic rings. The number of hydrogen-bond donors (Lipinski definition) is 0. The minimum Gasteiger partial charge on any atom is -0.299 e. The second-order valence-corrected chi connectivity index (χ2v) is 9.04. The van der Waals surface area contributed by atoms with E-state index in [-0.39, 0.29) is 11.3 Å². The lowest BCUT2D eigenvalue weighted by molar-refractivity contribution is 0.164. The fourth-order valence-electron chi connectivity index (χ4n) is 3.12. The molecule has 1 aliphatic heterocycles. The Labute approximate surface area is 138 Å². The van der Waals surface area contributed by atoms with Gasteiger partial charge in [-0.3, -0.25) is 4.90 Å². The average molecular weight is 343 g/mol. The first kappa shape index (κ1) is 16.2. The number of nitrogens with zero attached hydrogens (tertiary/aromatic N) is 2. The number of rotatable bonds is 5. The quantitative estimate of drug-likeness (QED) is 0.826. The first-order valence-electron chi connectivity index (χ1n) is 7.91. The average Bonchev–Trinajstić information content (AvgIpc) is 3.35. The first-order chi connectivity index (χ1) is 10.5. The SMILES string of the molecule is CN(C1CCN(Cc2ccccc2Cl)CC1)S(=O)(=O)C1CC1. The Morgan fingerprint density at radius 3 is 2.41 bits per heavy atom. The highest BCUT2D eigenvalue weighted by atomic mass is 35.5. The van der Waals surface area contributed by atoms with Crippen LogP contribution in [0.5, 0.6) is 0 Å². The standard InChI is InChI=1S/C16H23ClN2O2S/c1-18(22(20,21)15-6-7-15)14-8-10-19(11-9-14)12-13-4-2-3-5-16(13)17/h2-5,14-15H,6-12H2,1H3. The molecule has 0 aromatic heterocycles. The molecule has 0 spiro atoms. The van der Waals surface area contributed by atoms with Crippen LogP contribution in [0, 0.1) is 0 Å². The molecule has 0 radical (unpaired) electrons. The molecule has 122 valence electrons. The molecule has 1 aromatic carbocycles. The van der Waals surface area contributed by atoms with E-state index in [1.807, 2.05) is 18.2 Å². The van der Waals surface area contributed by atoms with E-state index >= 15 is 0 Å². The highest BCUT2D eigenvalue weighted by Gasteiger charge is 2.41. The van der Waals surface area contributed by atoms with Gasteiger partial charge < -0.3 is 0 Å². The van der Waals surface area contributed by atoms with Crippen LogP contribution in [0.3, 0.4) is 0 Å². The fourth-order valence-corrected chi connectivity index (χ4v) is 5.14. The monoisotopic (exact) mass is 342 g/mol. The van der Waals surface area contributed by atoms with Crippen LogP contribution >= 0.6 is 11.6 Å². The molecule has 0 atom stereocenters. The minimum atomic E-state index is -3.05. The van der Waals surface area contributed by atoms with Crippen LogP contribution in [-0.2, 0) is 16.6 Å². The summed E-state index contributed by atoms with van der Waals surface area (Å²) in [7, 11) is -1.30. The number of halogens is 1. The van der Waals surface area contributed by atoms with Gasteiger partial charge in [0, 0.05) is 37.7 Å². The second-order valence-electron chi connectivity index (χ2n) is 6.36. The van der Waals surface area contributed by atoms with Gasteiger partial charge in [0.15, 0.2) is 0 Å². The minimum absolute atomic E-state index is 0.112. The lowest BCUT2D eigenvalue weighted by Gasteiger charge is -2.36. The lowest BCUT2D eigenvalue weighted by Crippen LogP contribution is -2.46. The molecule has 0 amide bonds. The van der Waals surface area contributed by atoms with Crippen molar-refractivity contribution in [3.05, 3.63) is 34.9 Å². The van der Waals surface area contributed by atoms with Gasteiger partial charge in [0.25, 0.3) is 0 Å². The summed E-state index contributed by atoms with van der Waals surface area (Å²) >= 11 is 6.21. The first-order valence-corrected chi connectivity index (χ1v) is 9.79. The van der Waals surface area contributed by atoms with Gasteiger partial charge in [0.1, 0.15) is 0 Å².